The minimum Gasteiger partial charge on any atom is -0.465 e. The Balaban J connectivity index is 1.61. The molecule has 11 heteroatoms. The summed E-state index contributed by atoms with van der Waals surface area (Å²) < 4.78 is 41.4. The molecule has 198 valence electrons. The standard InChI is InChI=1S/C26H31ClN4O5S/c1-5-35-25(32)16-31-24-8-6-7-23(22(24)15-29-31)30(4)37(33,34)20-13-21(17(2)3)26(28-14-20)36-19-11-9-18(27)10-12-19/h9-15,17,23H,5-8,16H2,1-4H3. The van der Waals surface area contributed by atoms with Gasteiger partial charge >= 0.3 is 5.97 Å². The highest BCUT2D eigenvalue weighted by molar-refractivity contribution is 7.89. The largest absolute Gasteiger partial charge is 0.465 e. The number of hydrogen-bond acceptors (Lipinski definition) is 7. The zero-order chi connectivity index (χ0) is 26.7. The van der Waals surface area contributed by atoms with Gasteiger partial charge in [0.25, 0.3) is 0 Å². The van der Waals surface area contributed by atoms with Gasteiger partial charge in [-0.3, -0.25) is 9.48 Å². The van der Waals surface area contributed by atoms with E-state index in [9.17, 15) is 13.2 Å². The summed E-state index contributed by atoms with van der Waals surface area (Å²) in [5.41, 5.74) is 2.34. The summed E-state index contributed by atoms with van der Waals surface area (Å²) in [5.74, 6) is 0.502. The molecule has 0 amide bonds. The van der Waals surface area contributed by atoms with Crippen LogP contribution in [0.15, 0.2) is 47.6 Å². The van der Waals surface area contributed by atoms with E-state index >= 15 is 0 Å². The molecule has 0 spiro atoms. The summed E-state index contributed by atoms with van der Waals surface area (Å²) in [6.45, 7) is 5.96. The second kappa shape index (κ2) is 11.2. The lowest BCUT2D eigenvalue weighted by Crippen LogP contribution is -2.33. The van der Waals surface area contributed by atoms with E-state index in [0.717, 1.165) is 24.1 Å². The average molecular weight is 547 g/mol. The predicted molar refractivity (Wildman–Crippen MR) is 139 cm³/mol. The van der Waals surface area contributed by atoms with Gasteiger partial charge < -0.3 is 9.47 Å². The fraction of sp³-hybridized carbons (Fsp3) is 0.423. The van der Waals surface area contributed by atoms with E-state index in [-0.39, 0.29) is 23.3 Å². The highest BCUT2D eigenvalue weighted by Crippen LogP contribution is 2.38. The number of carbonyl (C=O) groups excluding carboxylic acids is 1. The van der Waals surface area contributed by atoms with Crippen LogP contribution in [0.2, 0.25) is 5.02 Å². The van der Waals surface area contributed by atoms with Gasteiger partial charge in [-0.25, -0.2) is 13.4 Å². The molecule has 1 atom stereocenters. The lowest BCUT2D eigenvalue weighted by Gasteiger charge is -2.31. The van der Waals surface area contributed by atoms with Gasteiger partial charge in [0, 0.05) is 28.9 Å². The van der Waals surface area contributed by atoms with Crippen LogP contribution in [0.1, 0.15) is 62.4 Å². The Labute approximate surface area is 222 Å². The zero-order valence-electron chi connectivity index (χ0n) is 21.3. The molecule has 2 heterocycles. The van der Waals surface area contributed by atoms with E-state index in [4.69, 9.17) is 21.1 Å². The van der Waals surface area contributed by atoms with Crippen molar-refractivity contribution in [3.8, 4) is 11.6 Å². The predicted octanol–water partition coefficient (Wildman–Crippen LogP) is 5.11. The molecule has 0 fully saturated rings. The van der Waals surface area contributed by atoms with Crippen LogP contribution in [-0.4, -0.2) is 47.1 Å². The first-order valence-corrected chi connectivity index (χ1v) is 14.0. The summed E-state index contributed by atoms with van der Waals surface area (Å²) >= 11 is 5.96. The van der Waals surface area contributed by atoms with Gasteiger partial charge in [-0.2, -0.15) is 9.40 Å². The maximum atomic E-state index is 13.7. The molecule has 0 aliphatic heterocycles. The smallest absolute Gasteiger partial charge is 0.327 e. The van der Waals surface area contributed by atoms with Crippen molar-refractivity contribution in [3.05, 3.63) is 64.6 Å². The summed E-state index contributed by atoms with van der Waals surface area (Å²) in [5, 5.41) is 4.95. The molecule has 37 heavy (non-hydrogen) atoms. The first kappa shape index (κ1) is 27.1. The summed E-state index contributed by atoms with van der Waals surface area (Å²) in [6.07, 6.45) is 5.13. The molecule has 2 aromatic heterocycles. The summed E-state index contributed by atoms with van der Waals surface area (Å²) in [7, 11) is -2.31. The van der Waals surface area contributed by atoms with E-state index in [1.807, 2.05) is 13.8 Å². The van der Waals surface area contributed by atoms with E-state index in [1.54, 1.807) is 55.2 Å². The van der Waals surface area contributed by atoms with Crippen molar-refractivity contribution in [2.24, 2.45) is 0 Å². The van der Waals surface area contributed by atoms with Crippen molar-refractivity contribution in [1.29, 1.82) is 0 Å². The maximum Gasteiger partial charge on any atom is 0.327 e. The highest BCUT2D eigenvalue weighted by Gasteiger charge is 2.35. The number of carbonyl (C=O) groups is 1. The van der Waals surface area contributed by atoms with Crippen molar-refractivity contribution in [2.45, 2.75) is 63.4 Å². The summed E-state index contributed by atoms with van der Waals surface area (Å²) in [6, 6.07) is 8.12. The molecular formula is C26H31ClN4O5S. The Morgan fingerprint density at radius 1 is 1.24 bits per heavy atom. The third-order valence-electron chi connectivity index (χ3n) is 6.44. The second-order valence-corrected chi connectivity index (χ2v) is 11.6. The molecule has 1 unspecified atom stereocenters. The van der Waals surface area contributed by atoms with E-state index in [0.29, 0.717) is 35.2 Å². The Bertz CT molecular complexity index is 1370. The van der Waals surface area contributed by atoms with Gasteiger partial charge in [-0.1, -0.05) is 25.4 Å². The van der Waals surface area contributed by atoms with E-state index < -0.39 is 16.1 Å². The van der Waals surface area contributed by atoms with Gasteiger partial charge in [0.05, 0.1) is 25.0 Å². The number of halogens is 1. The second-order valence-electron chi connectivity index (χ2n) is 9.21. The van der Waals surface area contributed by atoms with Crippen LogP contribution < -0.4 is 4.74 Å². The van der Waals surface area contributed by atoms with Crippen LogP contribution in [0, 0.1) is 0 Å². The van der Waals surface area contributed by atoms with Crippen molar-refractivity contribution in [2.75, 3.05) is 13.7 Å². The van der Waals surface area contributed by atoms with Gasteiger partial charge in [0.1, 0.15) is 17.2 Å². The van der Waals surface area contributed by atoms with E-state index in [2.05, 4.69) is 10.1 Å². The van der Waals surface area contributed by atoms with Crippen LogP contribution >= 0.6 is 11.6 Å². The fourth-order valence-corrected chi connectivity index (χ4v) is 5.95. The topological polar surface area (TPSA) is 104 Å². The molecule has 1 aromatic carbocycles. The molecule has 9 nitrogen and oxygen atoms in total. The van der Waals surface area contributed by atoms with Crippen LogP contribution in [0.3, 0.4) is 0 Å². The average Bonchev–Trinajstić information content (AvgIpc) is 3.27. The first-order valence-electron chi connectivity index (χ1n) is 12.2. The number of esters is 1. The Kier molecular flexibility index (Phi) is 8.20. The Morgan fingerprint density at radius 2 is 1.97 bits per heavy atom. The number of hydrogen-bond donors (Lipinski definition) is 0. The molecule has 1 aliphatic rings. The minimum absolute atomic E-state index is 0.00308. The van der Waals surface area contributed by atoms with Crippen molar-refractivity contribution in [3.63, 3.8) is 0 Å². The minimum atomic E-state index is -3.89. The molecule has 0 radical (unpaired) electrons. The van der Waals surface area contributed by atoms with Crippen molar-refractivity contribution >= 4 is 27.6 Å². The number of fused-ring (bicyclic) bond motifs is 1. The maximum absolute atomic E-state index is 13.7. The summed E-state index contributed by atoms with van der Waals surface area (Å²) in [4.78, 5) is 16.5. The third-order valence-corrected chi connectivity index (χ3v) is 8.52. The molecule has 1 aliphatic carbocycles. The fourth-order valence-electron chi connectivity index (χ4n) is 4.48. The number of pyridine rings is 1. The number of benzene rings is 1. The molecule has 0 saturated heterocycles. The van der Waals surface area contributed by atoms with Crippen LogP contribution in [0.25, 0.3) is 0 Å². The van der Waals surface area contributed by atoms with Crippen LogP contribution in [0.4, 0.5) is 0 Å². The van der Waals surface area contributed by atoms with Gasteiger partial charge in [-0.05, 0) is 62.4 Å². The SMILES string of the molecule is CCOC(=O)Cn1ncc2c1CCCC2N(C)S(=O)(=O)c1cnc(Oc2ccc(Cl)cc2)c(C(C)C)c1. The van der Waals surface area contributed by atoms with Crippen LogP contribution in [0.5, 0.6) is 11.6 Å². The third kappa shape index (κ3) is 5.81. The highest BCUT2D eigenvalue weighted by atomic mass is 35.5. The molecule has 4 rings (SSSR count). The lowest BCUT2D eigenvalue weighted by atomic mass is 9.93. The molecular weight excluding hydrogens is 516 g/mol. The molecule has 0 saturated carbocycles. The van der Waals surface area contributed by atoms with Gasteiger partial charge in [0.15, 0.2) is 0 Å². The zero-order valence-corrected chi connectivity index (χ0v) is 22.9. The number of sulfonamides is 1. The number of rotatable bonds is 9. The Hall–Kier alpha value is -2.95. The Morgan fingerprint density at radius 3 is 2.65 bits per heavy atom. The van der Waals surface area contributed by atoms with Crippen molar-refractivity contribution in [1.82, 2.24) is 19.1 Å². The molecule has 0 bridgehead atoms. The molecule has 0 N–H and O–H groups in total. The van der Waals surface area contributed by atoms with Gasteiger partial charge in [0.2, 0.25) is 15.9 Å². The number of ether oxygens (including phenoxy) is 2. The van der Waals surface area contributed by atoms with E-state index in [1.165, 1.54) is 10.5 Å². The van der Waals surface area contributed by atoms with Crippen molar-refractivity contribution < 1.29 is 22.7 Å². The number of nitrogens with zero attached hydrogens (tertiary/aromatic N) is 4. The van der Waals surface area contributed by atoms with Gasteiger partial charge in [-0.15, -0.1) is 0 Å². The lowest BCUT2D eigenvalue weighted by molar-refractivity contribution is -0.144. The van der Waals surface area contributed by atoms with Crippen LogP contribution in [-0.2, 0) is 32.5 Å². The number of aromatic nitrogens is 3. The quantitative estimate of drug-likeness (QED) is 0.343. The monoisotopic (exact) mass is 546 g/mol. The molecule has 3 aromatic rings. The first-order chi connectivity index (χ1) is 17.6. The normalized spacial score (nSPS) is 15.6.